The van der Waals surface area contributed by atoms with Gasteiger partial charge in [-0.2, -0.15) is 11.8 Å². The summed E-state index contributed by atoms with van der Waals surface area (Å²) >= 11 is 3.00. The number of carbonyl (C=O) groups is 1. The second-order valence-corrected chi connectivity index (χ2v) is 5.00. The van der Waals surface area contributed by atoms with Crippen LogP contribution in [0.5, 0.6) is 0 Å². The summed E-state index contributed by atoms with van der Waals surface area (Å²) in [5, 5.41) is 8.52. The molecule has 4 heteroatoms. The van der Waals surface area contributed by atoms with E-state index in [0.29, 0.717) is 11.5 Å². The highest BCUT2D eigenvalue weighted by Crippen LogP contribution is 2.17. The van der Waals surface area contributed by atoms with Gasteiger partial charge in [-0.15, -0.1) is 11.3 Å². The summed E-state index contributed by atoms with van der Waals surface area (Å²) in [4.78, 5) is 13.4. The van der Waals surface area contributed by atoms with Gasteiger partial charge in [-0.1, -0.05) is 0 Å². The smallest absolute Gasteiger partial charge is 0.182 e. The summed E-state index contributed by atoms with van der Waals surface area (Å²) < 4.78 is 0. The van der Waals surface area contributed by atoms with E-state index in [-0.39, 0.29) is 12.4 Å². The Morgan fingerprint density at radius 1 is 1.62 bits per heavy atom. The van der Waals surface area contributed by atoms with Crippen LogP contribution in [-0.4, -0.2) is 29.0 Å². The van der Waals surface area contributed by atoms with Crippen LogP contribution in [0.15, 0.2) is 12.1 Å². The lowest BCUT2D eigenvalue weighted by atomic mass is 10.3. The predicted molar refractivity (Wildman–Crippen MR) is 57.8 cm³/mol. The number of thioether (sulfide) groups is 1. The van der Waals surface area contributed by atoms with Crippen molar-refractivity contribution in [1.82, 2.24) is 0 Å². The fourth-order valence-corrected chi connectivity index (χ4v) is 2.40. The summed E-state index contributed by atoms with van der Waals surface area (Å²) in [7, 11) is 0. The van der Waals surface area contributed by atoms with Gasteiger partial charge in [0.2, 0.25) is 0 Å². The van der Waals surface area contributed by atoms with Gasteiger partial charge in [0, 0.05) is 10.6 Å². The minimum absolute atomic E-state index is 0.140. The first kappa shape index (κ1) is 10.8. The summed E-state index contributed by atoms with van der Waals surface area (Å²) in [5.41, 5.74) is 0. The molecule has 0 bridgehead atoms. The number of aliphatic hydroxyl groups is 1. The SMILES string of the molecule is Cc1ccc(C(=O)CSCCO)s1. The quantitative estimate of drug-likeness (QED) is 0.604. The fraction of sp³-hybridized carbons (Fsp3) is 0.444. The Hall–Kier alpha value is -0.320. The molecule has 1 N–H and O–H groups in total. The standard InChI is InChI=1S/C9H12O2S2/c1-7-2-3-9(13-7)8(11)6-12-5-4-10/h2-3,10H,4-6H2,1H3. The lowest BCUT2D eigenvalue weighted by molar-refractivity contribution is 0.102. The zero-order valence-corrected chi connectivity index (χ0v) is 9.08. The molecular formula is C9H12O2S2. The molecule has 0 fully saturated rings. The van der Waals surface area contributed by atoms with Crippen LogP contribution in [0.2, 0.25) is 0 Å². The largest absolute Gasteiger partial charge is 0.396 e. The van der Waals surface area contributed by atoms with Crippen molar-refractivity contribution < 1.29 is 9.90 Å². The molecule has 0 saturated carbocycles. The molecule has 0 aliphatic heterocycles. The molecule has 0 aliphatic rings. The van der Waals surface area contributed by atoms with E-state index in [9.17, 15) is 4.79 Å². The maximum absolute atomic E-state index is 11.4. The Kier molecular flexibility index (Phi) is 4.48. The van der Waals surface area contributed by atoms with Crippen LogP contribution < -0.4 is 0 Å². The van der Waals surface area contributed by atoms with Crippen molar-refractivity contribution in [3.05, 3.63) is 21.9 Å². The molecule has 72 valence electrons. The van der Waals surface area contributed by atoms with Gasteiger partial charge in [0.1, 0.15) is 0 Å². The van der Waals surface area contributed by atoms with Crippen molar-refractivity contribution in [2.45, 2.75) is 6.92 Å². The van der Waals surface area contributed by atoms with E-state index >= 15 is 0 Å². The molecule has 0 aromatic carbocycles. The average Bonchev–Trinajstić information content (AvgIpc) is 2.52. The molecule has 0 radical (unpaired) electrons. The van der Waals surface area contributed by atoms with Gasteiger partial charge in [-0.3, -0.25) is 4.79 Å². The van der Waals surface area contributed by atoms with Crippen molar-refractivity contribution in [1.29, 1.82) is 0 Å². The van der Waals surface area contributed by atoms with Gasteiger partial charge in [0.15, 0.2) is 5.78 Å². The first-order valence-corrected chi connectivity index (χ1v) is 5.99. The topological polar surface area (TPSA) is 37.3 Å². The van der Waals surface area contributed by atoms with E-state index in [1.54, 1.807) is 0 Å². The highest BCUT2D eigenvalue weighted by molar-refractivity contribution is 8.00. The van der Waals surface area contributed by atoms with Crippen LogP contribution in [-0.2, 0) is 0 Å². The number of rotatable bonds is 5. The zero-order chi connectivity index (χ0) is 9.68. The number of aryl methyl sites for hydroxylation is 1. The average molecular weight is 216 g/mol. The molecular weight excluding hydrogens is 204 g/mol. The summed E-state index contributed by atoms with van der Waals surface area (Å²) in [6, 6.07) is 3.82. The first-order valence-electron chi connectivity index (χ1n) is 4.02. The molecule has 1 aromatic rings. The Morgan fingerprint density at radius 3 is 2.92 bits per heavy atom. The van der Waals surface area contributed by atoms with E-state index in [2.05, 4.69) is 0 Å². The molecule has 2 nitrogen and oxygen atoms in total. The Balaban J connectivity index is 2.40. The molecule has 0 aliphatic carbocycles. The van der Waals surface area contributed by atoms with Gasteiger partial charge < -0.3 is 5.11 Å². The number of aliphatic hydroxyl groups excluding tert-OH is 1. The molecule has 13 heavy (non-hydrogen) atoms. The maximum atomic E-state index is 11.4. The normalized spacial score (nSPS) is 10.3. The van der Waals surface area contributed by atoms with E-state index in [1.807, 2.05) is 19.1 Å². The van der Waals surface area contributed by atoms with Crippen LogP contribution in [0.1, 0.15) is 14.5 Å². The lowest BCUT2D eigenvalue weighted by Gasteiger charge is -1.95. The van der Waals surface area contributed by atoms with Gasteiger partial charge in [0.25, 0.3) is 0 Å². The maximum Gasteiger partial charge on any atom is 0.182 e. The minimum atomic E-state index is 0.140. The number of thiophene rings is 1. The molecule has 0 unspecified atom stereocenters. The van der Waals surface area contributed by atoms with E-state index in [4.69, 9.17) is 5.11 Å². The molecule has 1 aromatic heterocycles. The van der Waals surface area contributed by atoms with Crippen molar-refractivity contribution in [3.63, 3.8) is 0 Å². The second-order valence-electron chi connectivity index (χ2n) is 2.61. The molecule has 1 heterocycles. The number of carbonyl (C=O) groups excluding carboxylic acids is 1. The fourth-order valence-electron chi connectivity index (χ4n) is 0.885. The van der Waals surface area contributed by atoms with E-state index in [1.165, 1.54) is 23.1 Å². The van der Waals surface area contributed by atoms with Gasteiger partial charge in [0.05, 0.1) is 17.2 Å². The third-order valence-electron chi connectivity index (χ3n) is 1.48. The van der Waals surface area contributed by atoms with Crippen molar-refractivity contribution >= 4 is 28.9 Å². The Bertz CT molecular complexity index is 281. The second kappa shape index (κ2) is 5.42. The number of hydrogen-bond donors (Lipinski definition) is 1. The monoisotopic (exact) mass is 216 g/mol. The summed E-state index contributed by atoms with van der Waals surface area (Å²) in [5.74, 6) is 1.27. The van der Waals surface area contributed by atoms with Crippen LogP contribution >= 0.6 is 23.1 Å². The molecule has 0 amide bonds. The molecule has 0 saturated heterocycles. The highest BCUT2D eigenvalue weighted by Gasteiger charge is 2.07. The third-order valence-corrected chi connectivity index (χ3v) is 3.46. The summed E-state index contributed by atoms with van der Waals surface area (Å²) in [6.07, 6.45) is 0. The lowest BCUT2D eigenvalue weighted by Crippen LogP contribution is -2.01. The van der Waals surface area contributed by atoms with E-state index < -0.39 is 0 Å². The van der Waals surface area contributed by atoms with Gasteiger partial charge in [-0.05, 0) is 19.1 Å². The van der Waals surface area contributed by atoms with E-state index in [0.717, 1.165) is 9.75 Å². The van der Waals surface area contributed by atoms with Crippen molar-refractivity contribution in [3.8, 4) is 0 Å². The van der Waals surface area contributed by atoms with Crippen molar-refractivity contribution in [2.75, 3.05) is 18.1 Å². The van der Waals surface area contributed by atoms with Crippen LogP contribution in [0.4, 0.5) is 0 Å². The van der Waals surface area contributed by atoms with Gasteiger partial charge in [-0.25, -0.2) is 0 Å². The Labute approximate surface area is 86.0 Å². The van der Waals surface area contributed by atoms with Gasteiger partial charge >= 0.3 is 0 Å². The minimum Gasteiger partial charge on any atom is -0.396 e. The zero-order valence-electron chi connectivity index (χ0n) is 7.45. The van der Waals surface area contributed by atoms with Crippen LogP contribution in [0.3, 0.4) is 0 Å². The molecule has 0 atom stereocenters. The highest BCUT2D eigenvalue weighted by atomic mass is 32.2. The molecule has 1 rings (SSSR count). The number of ketones is 1. The number of Topliss-reactive ketones (excluding diaryl/α,β-unsaturated/α-hetero) is 1. The number of hydrogen-bond acceptors (Lipinski definition) is 4. The summed E-state index contributed by atoms with van der Waals surface area (Å²) in [6.45, 7) is 2.13. The predicted octanol–water partition coefficient (Wildman–Crippen LogP) is 1.96. The van der Waals surface area contributed by atoms with Crippen molar-refractivity contribution in [2.24, 2.45) is 0 Å². The molecule has 0 spiro atoms. The first-order chi connectivity index (χ1) is 6.24. The third kappa shape index (κ3) is 3.50. The van der Waals surface area contributed by atoms with Crippen LogP contribution in [0, 0.1) is 6.92 Å². The Morgan fingerprint density at radius 2 is 2.38 bits per heavy atom. The van der Waals surface area contributed by atoms with Crippen LogP contribution in [0.25, 0.3) is 0 Å².